The van der Waals surface area contributed by atoms with Crippen LogP contribution in [0.1, 0.15) is 12.0 Å². The van der Waals surface area contributed by atoms with E-state index in [2.05, 4.69) is 41.6 Å². The highest BCUT2D eigenvalue weighted by Crippen LogP contribution is 2.38. The number of fused-ring (bicyclic) bond motifs is 1. The van der Waals surface area contributed by atoms with Gasteiger partial charge in [0.25, 0.3) is 0 Å². The van der Waals surface area contributed by atoms with Crippen LogP contribution in [-0.4, -0.2) is 38.7 Å². The third-order valence-electron chi connectivity index (χ3n) is 4.28. The van der Waals surface area contributed by atoms with Gasteiger partial charge in [0.05, 0.1) is 16.8 Å². The standard InChI is InChI=1S/C16H13BrF4N6/c17-8-1-2-11-12(14(18)26-27(11)7-8)13-10(16(19,20)21)6-23-15(25-13)24-9-3-4-22-5-9/h1-2,6-7,9,22H,3-5H2,(H,23,24,25)/t9-/m0/s1. The molecule has 0 radical (unpaired) electrons. The first kappa shape index (κ1) is 18.1. The van der Waals surface area contributed by atoms with Gasteiger partial charge in [-0.05, 0) is 41.0 Å². The summed E-state index contributed by atoms with van der Waals surface area (Å²) < 4.78 is 56.8. The van der Waals surface area contributed by atoms with Gasteiger partial charge in [0.1, 0.15) is 5.56 Å². The van der Waals surface area contributed by atoms with Crippen LogP contribution in [0.4, 0.5) is 23.5 Å². The lowest BCUT2D eigenvalue weighted by molar-refractivity contribution is -0.137. The molecule has 0 bridgehead atoms. The van der Waals surface area contributed by atoms with Crippen LogP contribution >= 0.6 is 15.9 Å². The Morgan fingerprint density at radius 2 is 2.11 bits per heavy atom. The fraction of sp³-hybridized carbons (Fsp3) is 0.312. The molecule has 0 spiro atoms. The SMILES string of the molecule is Fc1nn2cc(Br)ccc2c1-c1nc(N[C@H]2CCNC2)ncc1C(F)(F)F. The van der Waals surface area contributed by atoms with Crippen LogP contribution in [0.2, 0.25) is 0 Å². The van der Waals surface area contributed by atoms with Crippen molar-refractivity contribution in [1.82, 2.24) is 24.9 Å². The van der Waals surface area contributed by atoms with Crippen molar-refractivity contribution in [1.29, 1.82) is 0 Å². The maximum atomic E-state index is 14.5. The Labute approximate surface area is 159 Å². The third-order valence-corrected chi connectivity index (χ3v) is 4.74. The monoisotopic (exact) mass is 444 g/mol. The topological polar surface area (TPSA) is 67.1 Å². The van der Waals surface area contributed by atoms with E-state index in [0.29, 0.717) is 17.2 Å². The molecule has 0 aromatic carbocycles. The Morgan fingerprint density at radius 3 is 2.81 bits per heavy atom. The number of nitrogens with one attached hydrogen (secondary N) is 2. The Bertz CT molecular complexity index is 996. The number of aromatic nitrogens is 4. The molecule has 4 heterocycles. The average molecular weight is 445 g/mol. The van der Waals surface area contributed by atoms with Crippen molar-refractivity contribution in [3.8, 4) is 11.3 Å². The first-order valence-electron chi connectivity index (χ1n) is 8.08. The normalized spacial score (nSPS) is 17.6. The highest BCUT2D eigenvalue weighted by molar-refractivity contribution is 9.10. The molecule has 3 aromatic heterocycles. The molecule has 0 unspecified atom stereocenters. The molecule has 0 saturated carbocycles. The molecule has 1 atom stereocenters. The van der Waals surface area contributed by atoms with E-state index in [0.717, 1.165) is 13.0 Å². The predicted molar refractivity (Wildman–Crippen MR) is 93.8 cm³/mol. The number of nitrogens with zero attached hydrogens (tertiary/aromatic N) is 4. The zero-order valence-electron chi connectivity index (χ0n) is 13.7. The highest BCUT2D eigenvalue weighted by Gasteiger charge is 2.37. The maximum absolute atomic E-state index is 14.5. The first-order valence-corrected chi connectivity index (χ1v) is 8.87. The smallest absolute Gasteiger partial charge is 0.350 e. The van der Waals surface area contributed by atoms with Crippen LogP contribution in [0.3, 0.4) is 0 Å². The minimum absolute atomic E-state index is 0.000652. The number of hydrogen-bond donors (Lipinski definition) is 2. The fourth-order valence-corrected chi connectivity index (χ4v) is 3.35. The lowest BCUT2D eigenvalue weighted by Crippen LogP contribution is -2.24. The summed E-state index contributed by atoms with van der Waals surface area (Å²) in [6.07, 6.45) is -1.81. The molecule has 1 fully saturated rings. The molecule has 2 N–H and O–H groups in total. The number of anilines is 1. The second kappa shape index (κ2) is 6.71. The Morgan fingerprint density at radius 1 is 1.30 bits per heavy atom. The van der Waals surface area contributed by atoms with Crippen LogP contribution in [-0.2, 0) is 6.18 Å². The van der Waals surface area contributed by atoms with Gasteiger partial charge < -0.3 is 10.6 Å². The number of pyridine rings is 1. The van der Waals surface area contributed by atoms with Gasteiger partial charge in [-0.2, -0.15) is 17.6 Å². The van der Waals surface area contributed by atoms with Crippen LogP contribution in [0.5, 0.6) is 0 Å². The van der Waals surface area contributed by atoms with Crippen LogP contribution in [0, 0.1) is 5.95 Å². The molecule has 1 aliphatic rings. The van der Waals surface area contributed by atoms with Gasteiger partial charge in [-0.25, -0.2) is 14.5 Å². The molecule has 3 aromatic rings. The quantitative estimate of drug-likeness (QED) is 0.605. The first-order chi connectivity index (χ1) is 12.8. The third kappa shape index (κ3) is 3.48. The minimum Gasteiger partial charge on any atom is -0.350 e. The lowest BCUT2D eigenvalue weighted by atomic mass is 10.1. The van der Waals surface area contributed by atoms with Gasteiger partial charge in [-0.15, -0.1) is 5.10 Å². The summed E-state index contributed by atoms with van der Waals surface area (Å²) in [5, 5.41) is 9.79. The number of hydrogen-bond acceptors (Lipinski definition) is 5. The van der Waals surface area contributed by atoms with E-state index in [4.69, 9.17) is 0 Å². The van der Waals surface area contributed by atoms with Crippen LogP contribution in [0.15, 0.2) is 29.0 Å². The van der Waals surface area contributed by atoms with Crippen molar-refractivity contribution in [3.05, 3.63) is 40.5 Å². The Balaban J connectivity index is 1.88. The number of rotatable bonds is 3. The summed E-state index contributed by atoms with van der Waals surface area (Å²) in [4.78, 5) is 7.78. The second-order valence-electron chi connectivity index (χ2n) is 6.13. The zero-order chi connectivity index (χ0) is 19.2. The summed E-state index contributed by atoms with van der Waals surface area (Å²) in [7, 11) is 0. The number of alkyl halides is 3. The molecular weight excluding hydrogens is 432 g/mol. The van der Waals surface area contributed by atoms with Crippen molar-refractivity contribution < 1.29 is 17.6 Å². The molecule has 0 amide bonds. The summed E-state index contributed by atoms with van der Waals surface area (Å²) in [5.41, 5.74) is -1.80. The van der Waals surface area contributed by atoms with Gasteiger partial charge >= 0.3 is 6.18 Å². The molecule has 0 aliphatic carbocycles. The summed E-state index contributed by atoms with van der Waals surface area (Å²) in [6.45, 7) is 1.45. The van der Waals surface area contributed by atoms with E-state index in [1.165, 1.54) is 16.8 Å². The minimum atomic E-state index is -4.74. The molecule has 6 nitrogen and oxygen atoms in total. The molecule has 27 heavy (non-hydrogen) atoms. The van der Waals surface area contributed by atoms with Gasteiger partial charge in [0.15, 0.2) is 0 Å². The molecule has 4 rings (SSSR count). The molecule has 142 valence electrons. The van der Waals surface area contributed by atoms with Crippen molar-refractivity contribution in [2.24, 2.45) is 0 Å². The van der Waals surface area contributed by atoms with E-state index in [-0.39, 0.29) is 23.1 Å². The van der Waals surface area contributed by atoms with E-state index in [1.807, 2.05) is 0 Å². The fourth-order valence-electron chi connectivity index (χ4n) is 3.02. The molecule has 1 saturated heterocycles. The maximum Gasteiger partial charge on any atom is 0.420 e. The van der Waals surface area contributed by atoms with E-state index >= 15 is 0 Å². The van der Waals surface area contributed by atoms with Gasteiger partial charge in [0.2, 0.25) is 11.9 Å². The molecule has 11 heteroatoms. The van der Waals surface area contributed by atoms with Gasteiger partial charge in [-0.1, -0.05) is 0 Å². The average Bonchev–Trinajstić information content (AvgIpc) is 3.20. The van der Waals surface area contributed by atoms with E-state index in [1.54, 1.807) is 6.07 Å². The predicted octanol–water partition coefficient (Wildman–Crippen LogP) is 3.49. The molecule has 1 aliphatic heterocycles. The highest BCUT2D eigenvalue weighted by atomic mass is 79.9. The number of halogens is 5. The van der Waals surface area contributed by atoms with Crippen LogP contribution < -0.4 is 10.6 Å². The second-order valence-corrected chi connectivity index (χ2v) is 7.05. The largest absolute Gasteiger partial charge is 0.420 e. The Kier molecular flexibility index (Phi) is 4.50. The van der Waals surface area contributed by atoms with Gasteiger partial charge in [-0.3, -0.25) is 0 Å². The van der Waals surface area contributed by atoms with Crippen molar-refractivity contribution in [2.75, 3.05) is 18.4 Å². The van der Waals surface area contributed by atoms with Crippen molar-refractivity contribution in [3.63, 3.8) is 0 Å². The van der Waals surface area contributed by atoms with Gasteiger partial charge in [0, 0.05) is 29.5 Å². The van der Waals surface area contributed by atoms with E-state index in [9.17, 15) is 17.6 Å². The van der Waals surface area contributed by atoms with Crippen molar-refractivity contribution in [2.45, 2.75) is 18.6 Å². The van der Waals surface area contributed by atoms with Crippen molar-refractivity contribution >= 4 is 27.4 Å². The summed E-state index contributed by atoms with van der Waals surface area (Å²) >= 11 is 3.22. The summed E-state index contributed by atoms with van der Waals surface area (Å²) in [5.74, 6) is -1.02. The zero-order valence-corrected chi connectivity index (χ0v) is 15.3. The Hall–Kier alpha value is -2.27. The lowest BCUT2D eigenvalue weighted by Gasteiger charge is -2.15. The molecular formula is C16H13BrF4N6. The van der Waals surface area contributed by atoms with Crippen LogP contribution in [0.25, 0.3) is 16.8 Å². The summed E-state index contributed by atoms with van der Waals surface area (Å²) in [6, 6.07) is 3.07. The van der Waals surface area contributed by atoms with E-state index < -0.39 is 23.4 Å².